The predicted molar refractivity (Wildman–Crippen MR) is 52.7 cm³/mol. The highest BCUT2D eigenvalue weighted by atomic mass is 16.5. The molecule has 0 unspecified atom stereocenters. The molecule has 3 nitrogen and oxygen atoms in total. The van der Waals surface area contributed by atoms with Crippen molar-refractivity contribution < 1.29 is 9.84 Å². The first kappa shape index (κ1) is 11.0. The molecular formula is C10H21NO2. The number of nitrogens with zero attached hydrogens (tertiary/aromatic N) is 1. The van der Waals surface area contributed by atoms with Crippen molar-refractivity contribution in [2.45, 2.75) is 32.4 Å². The van der Waals surface area contributed by atoms with E-state index in [1.54, 1.807) is 7.11 Å². The van der Waals surface area contributed by atoms with E-state index in [2.05, 4.69) is 18.7 Å². The predicted octanol–water partition coefficient (Wildman–Crippen LogP) is 0.724. The van der Waals surface area contributed by atoms with Crippen LogP contribution >= 0.6 is 0 Å². The number of aliphatic hydroxyl groups excluding tert-OH is 1. The van der Waals surface area contributed by atoms with Crippen molar-refractivity contribution in [3.05, 3.63) is 0 Å². The molecule has 3 heteroatoms. The van der Waals surface area contributed by atoms with Crippen LogP contribution in [0.1, 0.15) is 20.3 Å². The Morgan fingerprint density at radius 3 is 2.77 bits per heavy atom. The van der Waals surface area contributed by atoms with Crippen LogP contribution < -0.4 is 0 Å². The molecular weight excluding hydrogens is 166 g/mol. The van der Waals surface area contributed by atoms with Crippen molar-refractivity contribution in [2.75, 3.05) is 26.8 Å². The normalized spacial score (nSPS) is 31.2. The number of rotatable bonds is 3. The molecule has 0 aromatic heterocycles. The number of hydrogen-bond acceptors (Lipinski definition) is 3. The molecule has 2 atom stereocenters. The van der Waals surface area contributed by atoms with Crippen molar-refractivity contribution in [1.29, 1.82) is 0 Å². The lowest BCUT2D eigenvalue weighted by Gasteiger charge is -2.38. The summed E-state index contributed by atoms with van der Waals surface area (Å²) in [7, 11) is 1.70. The zero-order chi connectivity index (χ0) is 9.84. The van der Waals surface area contributed by atoms with Gasteiger partial charge in [-0.1, -0.05) is 0 Å². The average molecular weight is 187 g/mol. The second-order valence-electron chi connectivity index (χ2n) is 4.16. The molecule has 13 heavy (non-hydrogen) atoms. The third-order valence-electron chi connectivity index (χ3n) is 2.84. The molecule has 0 aliphatic carbocycles. The van der Waals surface area contributed by atoms with Crippen LogP contribution in [-0.4, -0.2) is 49.0 Å². The van der Waals surface area contributed by atoms with E-state index in [4.69, 9.17) is 4.74 Å². The standard InChI is InChI=1S/C10H21NO2/c1-8(2)11-5-4-10(12)9(6-11)7-13-3/h8-10,12H,4-7H2,1-3H3/t9-,10+/m1/s1. The second kappa shape index (κ2) is 4.94. The Morgan fingerprint density at radius 1 is 1.54 bits per heavy atom. The van der Waals surface area contributed by atoms with E-state index in [0.717, 1.165) is 19.5 Å². The molecule has 0 aromatic carbocycles. The molecule has 1 fully saturated rings. The third kappa shape index (κ3) is 2.93. The summed E-state index contributed by atoms with van der Waals surface area (Å²) in [6.07, 6.45) is 0.710. The Hall–Kier alpha value is -0.120. The summed E-state index contributed by atoms with van der Waals surface area (Å²) < 4.78 is 5.09. The molecule has 1 aliphatic rings. The van der Waals surface area contributed by atoms with Gasteiger partial charge in [0.05, 0.1) is 12.7 Å². The monoisotopic (exact) mass is 187 g/mol. The number of piperidine rings is 1. The Morgan fingerprint density at radius 2 is 2.23 bits per heavy atom. The van der Waals surface area contributed by atoms with Gasteiger partial charge in [0.25, 0.3) is 0 Å². The fourth-order valence-corrected chi connectivity index (χ4v) is 1.89. The summed E-state index contributed by atoms with van der Waals surface area (Å²) >= 11 is 0. The van der Waals surface area contributed by atoms with Gasteiger partial charge >= 0.3 is 0 Å². The van der Waals surface area contributed by atoms with Crippen molar-refractivity contribution in [1.82, 2.24) is 4.90 Å². The fraction of sp³-hybridized carbons (Fsp3) is 1.00. The Balaban J connectivity index is 2.42. The van der Waals surface area contributed by atoms with Crippen molar-refractivity contribution in [3.63, 3.8) is 0 Å². The summed E-state index contributed by atoms with van der Waals surface area (Å²) in [4.78, 5) is 2.40. The molecule has 0 spiro atoms. The first-order chi connectivity index (χ1) is 6.15. The molecule has 1 saturated heterocycles. The van der Waals surface area contributed by atoms with E-state index in [-0.39, 0.29) is 6.10 Å². The van der Waals surface area contributed by atoms with E-state index in [0.29, 0.717) is 18.6 Å². The number of likely N-dealkylation sites (tertiary alicyclic amines) is 1. The lowest BCUT2D eigenvalue weighted by Crippen LogP contribution is -2.47. The van der Waals surface area contributed by atoms with Gasteiger partial charge in [-0.25, -0.2) is 0 Å². The largest absolute Gasteiger partial charge is 0.393 e. The van der Waals surface area contributed by atoms with E-state index < -0.39 is 0 Å². The molecule has 1 aliphatic heterocycles. The van der Waals surface area contributed by atoms with Crippen LogP contribution in [-0.2, 0) is 4.74 Å². The van der Waals surface area contributed by atoms with Gasteiger partial charge in [0, 0.05) is 32.2 Å². The van der Waals surface area contributed by atoms with Gasteiger partial charge in [-0.05, 0) is 20.3 Å². The summed E-state index contributed by atoms with van der Waals surface area (Å²) in [5.41, 5.74) is 0. The maximum absolute atomic E-state index is 9.69. The molecule has 1 heterocycles. The zero-order valence-electron chi connectivity index (χ0n) is 8.86. The zero-order valence-corrected chi connectivity index (χ0v) is 8.86. The maximum atomic E-state index is 9.69. The molecule has 78 valence electrons. The van der Waals surface area contributed by atoms with Crippen molar-refractivity contribution >= 4 is 0 Å². The van der Waals surface area contributed by atoms with Gasteiger partial charge < -0.3 is 14.7 Å². The Kier molecular flexibility index (Phi) is 4.16. The molecule has 1 rings (SSSR count). The van der Waals surface area contributed by atoms with Crippen molar-refractivity contribution in [2.24, 2.45) is 5.92 Å². The molecule has 0 radical (unpaired) electrons. The van der Waals surface area contributed by atoms with Crippen molar-refractivity contribution in [3.8, 4) is 0 Å². The third-order valence-corrected chi connectivity index (χ3v) is 2.84. The van der Waals surface area contributed by atoms with Gasteiger partial charge in [-0.3, -0.25) is 0 Å². The van der Waals surface area contributed by atoms with Crippen LogP contribution in [0.5, 0.6) is 0 Å². The minimum Gasteiger partial charge on any atom is -0.393 e. The van der Waals surface area contributed by atoms with E-state index >= 15 is 0 Å². The maximum Gasteiger partial charge on any atom is 0.0614 e. The number of aliphatic hydroxyl groups is 1. The van der Waals surface area contributed by atoms with Crippen LogP contribution in [0, 0.1) is 5.92 Å². The van der Waals surface area contributed by atoms with Crippen LogP contribution in [0.3, 0.4) is 0 Å². The summed E-state index contributed by atoms with van der Waals surface area (Å²) in [5, 5.41) is 9.69. The SMILES string of the molecule is COC[C@H]1CN(C(C)C)CC[C@@H]1O. The molecule has 0 amide bonds. The number of hydrogen-bond donors (Lipinski definition) is 1. The van der Waals surface area contributed by atoms with Crippen LogP contribution in [0.25, 0.3) is 0 Å². The highest BCUT2D eigenvalue weighted by Gasteiger charge is 2.28. The minimum absolute atomic E-state index is 0.171. The number of ether oxygens (including phenoxy) is 1. The Bertz CT molecular complexity index is 150. The summed E-state index contributed by atoms with van der Waals surface area (Å²) in [6, 6.07) is 0.576. The smallest absolute Gasteiger partial charge is 0.0614 e. The van der Waals surface area contributed by atoms with Gasteiger partial charge in [-0.2, -0.15) is 0 Å². The Labute approximate surface area is 80.7 Å². The summed E-state index contributed by atoms with van der Waals surface area (Å²) in [6.45, 7) is 7.04. The highest BCUT2D eigenvalue weighted by molar-refractivity contribution is 4.81. The van der Waals surface area contributed by atoms with Crippen LogP contribution in [0.4, 0.5) is 0 Å². The summed E-state index contributed by atoms with van der Waals surface area (Å²) in [5.74, 6) is 0.293. The molecule has 0 bridgehead atoms. The first-order valence-corrected chi connectivity index (χ1v) is 5.06. The van der Waals surface area contributed by atoms with Gasteiger partial charge in [0.2, 0.25) is 0 Å². The topological polar surface area (TPSA) is 32.7 Å². The van der Waals surface area contributed by atoms with E-state index in [1.807, 2.05) is 0 Å². The number of methoxy groups -OCH3 is 1. The van der Waals surface area contributed by atoms with E-state index in [9.17, 15) is 5.11 Å². The highest BCUT2D eigenvalue weighted by Crippen LogP contribution is 2.19. The molecule has 0 aromatic rings. The average Bonchev–Trinajstić information content (AvgIpc) is 2.08. The lowest BCUT2D eigenvalue weighted by molar-refractivity contribution is -0.0183. The quantitative estimate of drug-likeness (QED) is 0.707. The van der Waals surface area contributed by atoms with Crippen LogP contribution in [0.2, 0.25) is 0 Å². The van der Waals surface area contributed by atoms with Crippen LogP contribution in [0.15, 0.2) is 0 Å². The van der Waals surface area contributed by atoms with Gasteiger partial charge in [-0.15, -0.1) is 0 Å². The van der Waals surface area contributed by atoms with E-state index in [1.165, 1.54) is 0 Å². The molecule has 1 N–H and O–H groups in total. The first-order valence-electron chi connectivity index (χ1n) is 5.06. The second-order valence-corrected chi connectivity index (χ2v) is 4.16. The fourth-order valence-electron chi connectivity index (χ4n) is 1.89. The lowest BCUT2D eigenvalue weighted by atomic mass is 9.94. The van der Waals surface area contributed by atoms with Gasteiger partial charge in [0.15, 0.2) is 0 Å². The van der Waals surface area contributed by atoms with Gasteiger partial charge in [0.1, 0.15) is 0 Å². The molecule has 0 saturated carbocycles. The minimum atomic E-state index is -0.171.